The molecule has 0 aliphatic carbocycles. The molecule has 0 radical (unpaired) electrons. The molecule has 1 aromatic carbocycles. The molecule has 4 aromatic rings. The van der Waals surface area contributed by atoms with Crippen LogP contribution in [0.5, 0.6) is 0 Å². The Hall–Kier alpha value is -2.89. The number of guanidine groups is 1. The Balaban J connectivity index is 0.00000272. The molecule has 0 saturated carbocycles. The molecule has 0 fully saturated rings. The standard InChI is InChI=1S/C21H26N8O.HI/c1-3-22-21(24-14-19-26-20(28-27-19)18-10-6-13-30-18)23-11-7-12-29-15(2)25-16-8-4-5-9-17(16)29;/h4-6,8-10,13H,3,7,11-12,14H2,1-2H3,(H2,22,23,24)(H,26,27,28);1H. The van der Waals surface area contributed by atoms with E-state index in [9.17, 15) is 0 Å². The van der Waals surface area contributed by atoms with Gasteiger partial charge in [-0.05, 0) is 44.5 Å². The van der Waals surface area contributed by atoms with Crippen molar-refractivity contribution in [1.82, 2.24) is 35.4 Å². The van der Waals surface area contributed by atoms with E-state index < -0.39 is 0 Å². The Bertz CT molecular complexity index is 1120. The number of furan rings is 1. The van der Waals surface area contributed by atoms with Gasteiger partial charge in [-0.1, -0.05) is 12.1 Å². The Morgan fingerprint density at radius 1 is 1.16 bits per heavy atom. The molecule has 3 heterocycles. The van der Waals surface area contributed by atoms with E-state index in [1.165, 1.54) is 5.52 Å². The Labute approximate surface area is 197 Å². The zero-order chi connectivity index (χ0) is 20.8. The summed E-state index contributed by atoms with van der Waals surface area (Å²) in [6.07, 6.45) is 2.56. The Morgan fingerprint density at radius 2 is 2.03 bits per heavy atom. The van der Waals surface area contributed by atoms with Crippen molar-refractivity contribution in [2.45, 2.75) is 33.4 Å². The number of rotatable bonds is 8. The van der Waals surface area contributed by atoms with Crippen LogP contribution in [0.1, 0.15) is 25.0 Å². The number of aryl methyl sites for hydroxylation is 2. The molecule has 0 aliphatic heterocycles. The molecule has 9 nitrogen and oxygen atoms in total. The predicted octanol–water partition coefficient (Wildman–Crippen LogP) is 3.49. The average Bonchev–Trinajstić information content (AvgIpc) is 3.49. The van der Waals surface area contributed by atoms with E-state index in [4.69, 9.17) is 4.42 Å². The number of aliphatic imine (C=N–C) groups is 1. The van der Waals surface area contributed by atoms with Crippen LogP contribution < -0.4 is 10.6 Å². The van der Waals surface area contributed by atoms with E-state index >= 15 is 0 Å². The first kappa shape index (κ1) is 22.8. The molecule has 164 valence electrons. The molecule has 31 heavy (non-hydrogen) atoms. The second-order valence-corrected chi connectivity index (χ2v) is 6.86. The van der Waals surface area contributed by atoms with Gasteiger partial charge in [0.25, 0.3) is 0 Å². The van der Waals surface area contributed by atoms with Crippen molar-refractivity contribution in [3.63, 3.8) is 0 Å². The summed E-state index contributed by atoms with van der Waals surface area (Å²) in [6, 6.07) is 11.9. The molecule has 0 spiro atoms. The molecule has 0 unspecified atom stereocenters. The summed E-state index contributed by atoms with van der Waals surface area (Å²) in [5, 5.41) is 13.7. The molecular formula is C21H27IN8O. The van der Waals surface area contributed by atoms with Gasteiger partial charge in [0.15, 0.2) is 11.7 Å². The number of halogens is 1. The van der Waals surface area contributed by atoms with Gasteiger partial charge in [-0.2, -0.15) is 0 Å². The third-order valence-corrected chi connectivity index (χ3v) is 4.70. The van der Waals surface area contributed by atoms with Crippen molar-refractivity contribution in [3.05, 3.63) is 54.3 Å². The van der Waals surface area contributed by atoms with Crippen LogP contribution in [0.2, 0.25) is 0 Å². The molecular weight excluding hydrogens is 507 g/mol. The van der Waals surface area contributed by atoms with E-state index in [-0.39, 0.29) is 24.0 Å². The zero-order valence-electron chi connectivity index (χ0n) is 17.6. The van der Waals surface area contributed by atoms with Gasteiger partial charge in [0, 0.05) is 19.6 Å². The van der Waals surface area contributed by atoms with E-state index in [0.29, 0.717) is 24.0 Å². The van der Waals surface area contributed by atoms with Gasteiger partial charge in [-0.25, -0.2) is 15.0 Å². The molecule has 4 rings (SSSR count). The van der Waals surface area contributed by atoms with Crippen molar-refractivity contribution >= 4 is 41.0 Å². The topological polar surface area (TPSA) is 109 Å². The monoisotopic (exact) mass is 534 g/mol. The van der Waals surface area contributed by atoms with E-state index in [1.807, 2.05) is 38.1 Å². The van der Waals surface area contributed by atoms with Crippen molar-refractivity contribution < 1.29 is 4.42 Å². The Kier molecular flexibility index (Phi) is 8.04. The number of nitrogens with zero attached hydrogens (tertiary/aromatic N) is 5. The van der Waals surface area contributed by atoms with Gasteiger partial charge < -0.3 is 19.6 Å². The first-order chi connectivity index (χ1) is 14.7. The lowest BCUT2D eigenvalue weighted by Crippen LogP contribution is -2.38. The van der Waals surface area contributed by atoms with Crippen molar-refractivity contribution in [3.8, 4) is 11.6 Å². The summed E-state index contributed by atoms with van der Waals surface area (Å²) >= 11 is 0. The molecule has 0 atom stereocenters. The summed E-state index contributed by atoms with van der Waals surface area (Å²) < 4.78 is 7.57. The van der Waals surface area contributed by atoms with Crippen LogP contribution in [-0.2, 0) is 13.1 Å². The van der Waals surface area contributed by atoms with E-state index in [2.05, 4.69) is 52.5 Å². The molecule has 0 saturated heterocycles. The van der Waals surface area contributed by atoms with Crippen molar-refractivity contribution in [2.24, 2.45) is 4.99 Å². The lowest BCUT2D eigenvalue weighted by Gasteiger charge is -2.12. The largest absolute Gasteiger partial charge is 0.461 e. The van der Waals surface area contributed by atoms with Gasteiger partial charge in [-0.15, -0.1) is 29.1 Å². The second-order valence-electron chi connectivity index (χ2n) is 6.86. The van der Waals surface area contributed by atoms with Gasteiger partial charge >= 0.3 is 0 Å². The maximum absolute atomic E-state index is 5.32. The number of hydrogen-bond acceptors (Lipinski definition) is 5. The summed E-state index contributed by atoms with van der Waals surface area (Å²) in [5.41, 5.74) is 2.21. The molecule has 3 N–H and O–H groups in total. The SMILES string of the molecule is CCNC(=NCc1nc(-c2ccco2)n[nH]1)NCCCn1c(C)nc2ccccc21.I. The maximum atomic E-state index is 5.32. The third kappa shape index (κ3) is 5.63. The summed E-state index contributed by atoms with van der Waals surface area (Å²) in [4.78, 5) is 13.6. The lowest BCUT2D eigenvalue weighted by atomic mass is 10.3. The minimum absolute atomic E-state index is 0. The fourth-order valence-corrected chi connectivity index (χ4v) is 3.30. The molecule has 0 aliphatic rings. The summed E-state index contributed by atoms with van der Waals surface area (Å²) in [6.45, 7) is 6.97. The van der Waals surface area contributed by atoms with Crippen LogP contribution in [0.4, 0.5) is 0 Å². The number of nitrogens with one attached hydrogen (secondary N) is 3. The number of H-pyrrole nitrogens is 1. The normalized spacial score (nSPS) is 11.5. The first-order valence-corrected chi connectivity index (χ1v) is 10.1. The zero-order valence-corrected chi connectivity index (χ0v) is 20.0. The first-order valence-electron chi connectivity index (χ1n) is 10.1. The lowest BCUT2D eigenvalue weighted by molar-refractivity contribution is 0.577. The second kappa shape index (κ2) is 10.9. The van der Waals surface area contributed by atoms with Crippen LogP contribution in [-0.4, -0.2) is 43.8 Å². The fraction of sp³-hybridized carbons (Fsp3) is 0.333. The van der Waals surface area contributed by atoms with Gasteiger partial charge in [0.2, 0.25) is 5.82 Å². The van der Waals surface area contributed by atoms with Crippen LogP contribution >= 0.6 is 24.0 Å². The minimum Gasteiger partial charge on any atom is -0.461 e. The van der Waals surface area contributed by atoms with Crippen LogP contribution in [0.25, 0.3) is 22.6 Å². The Morgan fingerprint density at radius 3 is 2.84 bits per heavy atom. The minimum atomic E-state index is 0. The molecule has 0 bridgehead atoms. The van der Waals surface area contributed by atoms with Crippen LogP contribution in [0, 0.1) is 6.92 Å². The van der Waals surface area contributed by atoms with Gasteiger partial charge in [0.05, 0.1) is 17.3 Å². The van der Waals surface area contributed by atoms with Crippen molar-refractivity contribution in [2.75, 3.05) is 13.1 Å². The number of fused-ring (bicyclic) bond motifs is 1. The van der Waals surface area contributed by atoms with Crippen LogP contribution in [0.15, 0.2) is 52.1 Å². The quantitative estimate of drug-likeness (QED) is 0.138. The predicted molar refractivity (Wildman–Crippen MR) is 131 cm³/mol. The number of aromatic nitrogens is 5. The summed E-state index contributed by atoms with van der Waals surface area (Å²) in [5.74, 6) is 3.63. The van der Waals surface area contributed by atoms with E-state index in [0.717, 1.165) is 43.4 Å². The average molecular weight is 534 g/mol. The third-order valence-electron chi connectivity index (χ3n) is 4.70. The van der Waals surface area contributed by atoms with Crippen molar-refractivity contribution in [1.29, 1.82) is 0 Å². The molecule has 10 heteroatoms. The highest BCUT2D eigenvalue weighted by molar-refractivity contribution is 14.0. The number of benzene rings is 1. The van der Waals surface area contributed by atoms with Crippen LogP contribution in [0.3, 0.4) is 0 Å². The number of hydrogen-bond donors (Lipinski definition) is 3. The summed E-state index contributed by atoms with van der Waals surface area (Å²) in [7, 11) is 0. The van der Waals surface area contributed by atoms with E-state index in [1.54, 1.807) is 6.26 Å². The molecule has 0 amide bonds. The van der Waals surface area contributed by atoms with Gasteiger partial charge in [0.1, 0.15) is 18.2 Å². The number of aromatic amines is 1. The highest BCUT2D eigenvalue weighted by atomic mass is 127. The number of imidazole rings is 1. The highest BCUT2D eigenvalue weighted by Crippen LogP contribution is 2.16. The highest BCUT2D eigenvalue weighted by Gasteiger charge is 2.09. The number of para-hydroxylation sites is 2. The smallest absolute Gasteiger partial charge is 0.216 e. The fourth-order valence-electron chi connectivity index (χ4n) is 3.30. The van der Waals surface area contributed by atoms with Gasteiger partial charge in [-0.3, -0.25) is 5.10 Å². The molecule has 3 aromatic heterocycles. The maximum Gasteiger partial charge on any atom is 0.216 e.